The van der Waals surface area contributed by atoms with Gasteiger partial charge in [0.05, 0.1) is 6.61 Å². The summed E-state index contributed by atoms with van der Waals surface area (Å²) in [4.78, 5) is 51.3. The van der Waals surface area contributed by atoms with Gasteiger partial charge in [-0.15, -0.1) is 0 Å². The minimum Gasteiger partial charge on any atom is -0.479 e. The molecule has 0 aromatic rings. The maximum absolute atomic E-state index is 13.2. The highest BCUT2D eigenvalue weighted by atomic mass is 16.7. The summed E-state index contributed by atoms with van der Waals surface area (Å²) in [6.45, 7) is 5.87. The highest BCUT2D eigenvalue weighted by Gasteiger charge is 2.50. The van der Waals surface area contributed by atoms with Crippen molar-refractivity contribution >= 4 is 23.9 Å². The Morgan fingerprint density at radius 1 is 0.420 bits per heavy atom. The van der Waals surface area contributed by atoms with E-state index < -0.39 is 67.3 Å². The number of carbonyl (C=O) groups excluding carboxylic acids is 3. The first-order chi connectivity index (χ1) is 39.6. The molecule has 0 aromatic heterocycles. The summed E-state index contributed by atoms with van der Waals surface area (Å²) < 4.78 is 28.5. The lowest BCUT2D eigenvalue weighted by Gasteiger charge is -2.40. The topological polar surface area (TPSA) is 175 Å². The molecule has 1 aliphatic rings. The van der Waals surface area contributed by atoms with Crippen LogP contribution in [0.3, 0.4) is 0 Å². The van der Waals surface area contributed by atoms with E-state index in [1.807, 2.05) is 0 Å². The number of unbranched alkanes of at least 4 members (excludes halogenated alkanes) is 30. The summed E-state index contributed by atoms with van der Waals surface area (Å²) in [7, 11) is 0. The Bertz CT molecular complexity index is 1680. The van der Waals surface area contributed by atoms with Crippen molar-refractivity contribution in [3.63, 3.8) is 0 Å². The molecule has 0 aliphatic carbocycles. The number of aliphatic carboxylic acids is 1. The summed E-state index contributed by atoms with van der Waals surface area (Å²) in [5.74, 6) is -3.16. The lowest BCUT2D eigenvalue weighted by Crippen LogP contribution is -2.61. The van der Waals surface area contributed by atoms with Crippen molar-refractivity contribution in [1.29, 1.82) is 0 Å². The molecule has 6 unspecified atom stereocenters. The summed E-state index contributed by atoms with van der Waals surface area (Å²) in [6, 6.07) is 0. The third-order valence-corrected chi connectivity index (χ3v) is 14.8. The molecule has 0 saturated carbocycles. The molecule has 12 nitrogen and oxygen atoms in total. The van der Waals surface area contributed by atoms with E-state index in [4.69, 9.17) is 23.7 Å². The number of aliphatic hydroxyl groups is 2. The van der Waals surface area contributed by atoms with E-state index in [0.717, 1.165) is 109 Å². The van der Waals surface area contributed by atoms with Gasteiger partial charge < -0.3 is 39.0 Å². The molecule has 3 N–H and O–H groups in total. The quantitative estimate of drug-likeness (QED) is 0.0228. The summed E-state index contributed by atoms with van der Waals surface area (Å²) >= 11 is 0. The van der Waals surface area contributed by atoms with Crippen LogP contribution in [0.5, 0.6) is 0 Å². The van der Waals surface area contributed by atoms with E-state index >= 15 is 0 Å². The second-order valence-corrected chi connectivity index (χ2v) is 22.4. The van der Waals surface area contributed by atoms with Crippen molar-refractivity contribution in [2.24, 2.45) is 0 Å². The van der Waals surface area contributed by atoms with Gasteiger partial charge in [-0.1, -0.05) is 254 Å². The molecule has 0 spiro atoms. The molecular weight excluding hydrogens is 1020 g/mol. The highest BCUT2D eigenvalue weighted by molar-refractivity contribution is 5.74. The minimum absolute atomic E-state index is 0.0467. The molecule has 466 valence electrons. The highest BCUT2D eigenvalue weighted by Crippen LogP contribution is 2.27. The lowest BCUT2D eigenvalue weighted by atomic mass is 9.98. The van der Waals surface area contributed by atoms with Crippen molar-refractivity contribution in [2.45, 2.75) is 327 Å². The summed E-state index contributed by atoms with van der Waals surface area (Å²) in [6.07, 6.45) is 60.1. The normalized spacial score (nSPS) is 18.2. The second kappa shape index (κ2) is 56.6. The van der Waals surface area contributed by atoms with Gasteiger partial charge in [0.1, 0.15) is 18.8 Å². The Kier molecular flexibility index (Phi) is 52.6. The molecule has 0 aromatic carbocycles. The van der Waals surface area contributed by atoms with Gasteiger partial charge in [0.15, 0.2) is 24.6 Å². The standard InChI is InChI=1S/C69H118O12/c1-4-7-10-13-16-19-22-25-27-29-31-33-35-38-40-43-46-49-52-55-61(70)77-58-60(79-62(71)56-53-50-47-44-42-39-36-34-32-30-28-26-23-20-17-14-11-8-5-2)59-78-69-67(65(74)64(73)66(81-69)68(75)76)80-63(72)57-54-51-48-45-41-37-24-21-18-15-12-9-6-3/h7,10,16,19,21,24-25,27,31,33,38,40,60,64-67,69,73-74H,4-6,8-9,11-15,17-18,20,22-23,26,28-30,32,34-37,39,41-59H2,1-3H3,(H,75,76)/b10-7-,19-16-,24-21-,27-25-,33-31-,40-38-. The molecule has 1 fully saturated rings. The van der Waals surface area contributed by atoms with Crippen LogP contribution in [0.25, 0.3) is 0 Å². The van der Waals surface area contributed by atoms with Gasteiger partial charge in [-0.3, -0.25) is 14.4 Å². The third kappa shape index (κ3) is 46.3. The van der Waals surface area contributed by atoms with Crippen molar-refractivity contribution in [3.8, 4) is 0 Å². The Morgan fingerprint density at radius 3 is 1.22 bits per heavy atom. The smallest absolute Gasteiger partial charge is 0.335 e. The van der Waals surface area contributed by atoms with Crippen LogP contribution in [0.1, 0.15) is 290 Å². The Labute approximate surface area is 493 Å². The van der Waals surface area contributed by atoms with Crippen LogP contribution in [0.4, 0.5) is 0 Å². The lowest BCUT2D eigenvalue weighted by molar-refractivity contribution is -0.301. The number of hydrogen-bond acceptors (Lipinski definition) is 11. The average molecular weight is 1140 g/mol. The maximum atomic E-state index is 13.2. The predicted molar refractivity (Wildman–Crippen MR) is 331 cm³/mol. The van der Waals surface area contributed by atoms with Crippen LogP contribution in [-0.2, 0) is 42.9 Å². The van der Waals surface area contributed by atoms with Crippen molar-refractivity contribution in [2.75, 3.05) is 13.2 Å². The molecule has 1 aliphatic heterocycles. The first-order valence-electron chi connectivity index (χ1n) is 32.9. The van der Waals surface area contributed by atoms with E-state index in [2.05, 4.69) is 93.7 Å². The van der Waals surface area contributed by atoms with E-state index in [0.29, 0.717) is 19.3 Å². The van der Waals surface area contributed by atoms with E-state index in [9.17, 15) is 34.5 Å². The number of allylic oxidation sites excluding steroid dienone is 12. The number of esters is 3. The number of hydrogen-bond donors (Lipinski definition) is 3. The van der Waals surface area contributed by atoms with Gasteiger partial charge in [-0.2, -0.15) is 0 Å². The molecule has 0 amide bonds. The number of rotatable bonds is 56. The summed E-state index contributed by atoms with van der Waals surface area (Å²) in [5, 5.41) is 31.6. The Balaban J connectivity index is 2.67. The molecule has 0 bridgehead atoms. The van der Waals surface area contributed by atoms with Gasteiger partial charge in [0, 0.05) is 19.3 Å². The second-order valence-electron chi connectivity index (χ2n) is 22.4. The Hall–Kier alpha value is -3.84. The molecule has 81 heavy (non-hydrogen) atoms. The van der Waals surface area contributed by atoms with Gasteiger partial charge in [-0.25, -0.2) is 4.79 Å². The van der Waals surface area contributed by atoms with E-state index in [1.165, 1.54) is 122 Å². The fraction of sp³-hybridized carbons (Fsp3) is 0.768. The summed E-state index contributed by atoms with van der Waals surface area (Å²) in [5.41, 5.74) is 0. The van der Waals surface area contributed by atoms with E-state index in [-0.39, 0.29) is 25.9 Å². The molecule has 12 heteroatoms. The first-order valence-corrected chi connectivity index (χ1v) is 32.9. The number of carboxylic acid groups (broad SMARTS) is 1. The van der Waals surface area contributed by atoms with E-state index in [1.54, 1.807) is 0 Å². The van der Waals surface area contributed by atoms with Gasteiger partial charge in [0.25, 0.3) is 0 Å². The largest absolute Gasteiger partial charge is 0.479 e. The van der Waals surface area contributed by atoms with Crippen molar-refractivity contribution in [1.82, 2.24) is 0 Å². The van der Waals surface area contributed by atoms with Crippen LogP contribution < -0.4 is 0 Å². The fourth-order valence-corrected chi connectivity index (χ4v) is 9.74. The number of aliphatic hydroxyl groups excluding tert-OH is 2. The van der Waals surface area contributed by atoms with Gasteiger partial charge >= 0.3 is 23.9 Å². The van der Waals surface area contributed by atoms with Crippen LogP contribution in [0.15, 0.2) is 72.9 Å². The van der Waals surface area contributed by atoms with Crippen LogP contribution in [0, 0.1) is 0 Å². The SMILES string of the molecule is CC/C=C\C/C=C\C/C=C\C/C=C\C/C=C\CCCCCC(=O)OCC(COC1OC(C(=O)O)C(O)C(O)C1OC(=O)CCCCCCC/C=C\CCCCCC)OC(=O)CCCCCCCCCCCCCCCCCCCCC. The first kappa shape index (κ1) is 75.2. The number of carbonyl (C=O) groups is 4. The predicted octanol–water partition coefficient (Wildman–Crippen LogP) is 17.7. The number of carboxylic acids is 1. The number of ether oxygens (including phenoxy) is 5. The third-order valence-electron chi connectivity index (χ3n) is 14.8. The van der Waals surface area contributed by atoms with Crippen LogP contribution in [-0.4, -0.2) is 89.2 Å². The zero-order chi connectivity index (χ0) is 58.9. The van der Waals surface area contributed by atoms with Crippen molar-refractivity contribution < 1.29 is 58.2 Å². The van der Waals surface area contributed by atoms with Crippen molar-refractivity contribution in [3.05, 3.63) is 72.9 Å². The Morgan fingerprint density at radius 2 is 0.778 bits per heavy atom. The van der Waals surface area contributed by atoms with Gasteiger partial charge in [-0.05, 0) is 89.9 Å². The molecule has 0 radical (unpaired) electrons. The fourth-order valence-electron chi connectivity index (χ4n) is 9.74. The zero-order valence-corrected chi connectivity index (χ0v) is 51.5. The molecule has 1 rings (SSSR count). The molecular formula is C69H118O12. The monoisotopic (exact) mass is 1140 g/mol. The van der Waals surface area contributed by atoms with Crippen LogP contribution >= 0.6 is 0 Å². The van der Waals surface area contributed by atoms with Crippen LogP contribution in [0.2, 0.25) is 0 Å². The molecule has 1 saturated heterocycles. The van der Waals surface area contributed by atoms with Gasteiger partial charge in [0.2, 0.25) is 0 Å². The zero-order valence-electron chi connectivity index (χ0n) is 51.5. The average Bonchev–Trinajstić information content (AvgIpc) is 3.46. The molecule has 1 heterocycles. The maximum Gasteiger partial charge on any atom is 0.335 e. The molecule has 6 atom stereocenters. The minimum atomic E-state index is -1.91.